The summed E-state index contributed by atoms with van der Waals surface area (Å²) in [4.78, 5) is 0. The minimum atomic E-state index is 0.831. The molecule has 0 saturated carbocycles. The smallest absolute Gasteiger partial charge is 0.207 e. The maximum absolute atomic E-state index is 10.8. The summed E-state index contributed by atoms with van der Waals surface area (Å²) in [5, 5.41) is 0. The summed E-state index contributed by atoms with van der Waals surface area (Å²) in [7, 11) is 0. The first kappa shape index (κ1) is 24.2. The molecule has 1 aliphatic rings. The van der Waals surface area contributed by atoms with Crippen LogP contribution in [0.3, 0.4) is 0 Å². The van der Waals surface area contributed by atoms with E-state index in [1.165, 1.54) is 80.0 Å². The van der Waals surface area contributed by atoms with Gasteiger partial charge in [0.05, 0.1) is 0 Å². The van der Waals surface area contributed by atoms with Crippen LogP contribution in [0.15, 0.2) is 60.7 Å². The summed E-state index contributed by atoms with van der Waals surface area (Å²) >= 11 is 0. The Hall–Kier alpha value is -2.48. The first-order valence-electron chi connectivity index (χ1n) is 12.8. The molecule has 0 spiro atoms. The normalized spacial score (nSPS) is 13.4. The van der Waals surface area contributed by atoms with E-state index in [2.05, 4.69) is 62.4 Å². The van der Waals surface area contributed by atoms with Crippen LogP contribution in [0.5, 0.6) is 0 Å². The number of allylic oxidation sites excluding steroid dienone is 2. The Balaban J connectivity index is 1.39. The number of unbranched alkanes of at least 4 members (excludes halogenated alkanes) is 9. The fourth-order valence-electron chi connectivity index (χ4n) is 4.44. The standard InChI is InChI=1S/C30H40N2/c1-3-5-6-7-8-9-10-11-12-13-14-26-17-21-28(22-18-26)30-24-23-29(32(30)31)27-19-15-25(4-2)16-20-27/h15-24H,3-14H2,1-2H3. The second kappa shape index (κ2) is 13.2. The molecule has 0 saturated heterocycles. The molecule has 0 bridgehead atoms. The molecule has 2 nitrogen and oxygen atoms in total. The molecule has 0 fully saturated rings. The molecule has 0 radical (unpaired) electrons. The van der Waals surface area contributed by atoms with Gasteiger partial charge in [0.15, 0.2) is 0 Å². The van der Waals surface area contributed by atoms with Gasteiger partial charge in [-0.15, -0.1) is 0 Å². The zero-order chi connectivity index (χ0) is 22.6. The molecule has 2 aromatic rings. The van der Waals surface area contributed by atoms with Crippen LogP contribution in [0.25, 0.3) is 16.9 Å². The largest absolute Gasteiger partial charge is 0.493 e. The van der Waals surface area contributed by atoms with Crippen molar-refractivity contribution in [1.29, 1.82) is 0 Å². The zero-order valence-corrected chi connectivity index (χ0v) is 20.2. The molecule has 170 valence electrons. The topological polar surface area (TPSA) is 25.3 Å². The van der Waals surface area contributed by atoms with Crippen molar-refractivity contribution < 1.29 is 4.70 Å². The van der Waals surface area contributed by atoms with Gasteiger partial charge in [0.2, 0.25) is 11.4 Å². The lowest BCUT2D eigenvalue weighted by Gasteiger charge is -2.09. The highest BCUT2D eigenvalue weighted by Gasteiger charge is 2.22. The van der Waals surface area contributed by atoms with Crippen molar-refractivity contribution in [1.82, 2.24) is 0 Å². The average molecular weight is 429 g/mol. The Morgan fingerprint density at radius 1 is 0.562 bits per heavy atom. The molecule has 0 unspecified atom stereocenters. The van der Waals surface area contributed by atoms with Crippen molar-refractivity contribution in [2.24, 2.45) is 0 Å². The lowest BCUT2D eigenvalue weighted by atomic mass is 10.0. The summed E-state index contributed by atoms with van der Waals surface area (Å²) in [6.45, 7) is 4.43. The van der Waals surface area contributed by atoms with Crippen LogP contribution >= 0.6 is 0 Å². The van der Waals surface area contributed by atoms with Gasteiger partial charge in [0.25, 0.3) is 0 Å². The molecule has 2 heteroatoms. The highest BCUT2D eigenvalue weighted by atomic mass is 15.2. The van der Waals surface area contributed by atoms with Crippen LogP contribution in [-0.4, -0.2) is 4.70 Å². The van der Waals surface area contributed by atoms with Crippen molar-refractivity contribution >= 4 is 11.4 Å². The molecule has 0 amide bonds. The van der Waals surface area contributed by atoms with Gasteiger partial charge in [0, 0.05) is 23.3 Å². The van der Waals surface area contributed by atoms with E-state index in [9.17, 15) is 5.53 Å². The summed E-state index contributed by atoms with van der Waals surface area (Å²) in [5.74, 6) is 0. The van der Waals surface area contributed by atoms with Crippen LogP contribution in [0.4, 0.5) is 0 Å². The van der Waals surface area contributed by atoms with Gasteiger partial charge < -0.3 is 5.53 Å². The van der Waals surface area contributed by atoms with Gasteiger partial charge in [-0.1, -0.05) is 95.9 Å². The lowest BCUT2D eigenvalue weighted by molar-refractivity contribution is -0.344. The fraction of sp³-hybridized carbons (Fsp3) is 0.467. The number of hydrogen-bond acceptors (Lipinski definition) is 0. The lowest BCUT2D eigenvalue weighted by Crippen LogP contribution is -2.01. The first-order chi connectivity index (χ1) is 15.7. The predicted molar refractivity (Wildman–Crippen MR) is 137 cm³/mol. The molecular formula is C30H40N2. The Morgan fingerprint density at radius 2 is 1.00 bits per heavy atom. The highest BCUT2D eigenvalue weighted by Crippen LogP contribution is 2.31. The third-order valence-corrected chi connectivity index (χ3v) is 6.58. The van der Waals surface area contributed by atoms with Gasteiger partial charge in [-0.05, 0) is 54.7 Å². The monoisotopic (exact) mass is 428 g/mol. The molecule has 1 aliphatic heterocycles. The molecule has 32 heavy (non-hydrogen) atoms. The van der Waals surface area contributed by atoms with Gasteiger partial charge in [-0.25, -0.2) is 4.70 Å². The van der Waals surface area contributed by atoms with Crippen molar-refractivity contribution in [3.8, 4) is 0 Å². The van der Waals surface area contributed by atoms with E-state index in [0.29, 0.717) is 0 Å². The molecule has 3 rings (SSSR count). The molecule has 0 N–H and O–H groups in total. The van der Waals surface area contributed by atoms with Gasteiger partial charge in [-0.2, -0.15) is 0 Å². The van der Waals surface area contributed by atoms with E-state index in [1.807, 2.05) is 12.2 Å². The van der Waals surface area contributed by atoms with Crippen molar-refractivity contribution in [2.45, 2.75) is 90.9 Å². The first-order valence-corrected chi connectivity index (χ1v) is 12.8. The number of rotatable bonds is 14. The van der Waals surface area contributed by atoms with Crippen LogP contribution in [-0.2, 0) is 12.8 Å². The van der Waals surface area contributed by atoms with E-state index >= 15 is 0 Å². The van der Waals surface area contributed by atoms with Crippen LogP contribution in [0.2, 0.25) is 0 Å². The average Bonchev–Trinajstić information content (AvgIpc) is 3.22. The van der Waals surface area contributed by atoms with Crippen LogP contribution in [0.1, 0.15) is 100 Å². The minimum absolute atomic E-state index is 0.831. The second-order valence-electron chi connectivity index (χ2n) is 9.09. The predicted octanol–water partition coefficient (Wildman–Crippen LogP) is 9.14. The maximum atomic E-state index is 10.8. The van der Waals surface area contributed by atoms with E-state index in [0.717, 1.165) is 35.4 Å². The van der Waals surface area contributed by atoms with Crippen molar-refractivity contribution in [3.05, 3.63) is 88.5 Å². The Bertz CT molecular complexity index is 901. The molecule has 0 atom stereocenters. The summed E-state index contributed by atoms with van der Waals surface area (Å²) in [6.07, 6.45) is 19.9. The number of nitrogens with zero attached hydrogens (tertiary/aromatic N) is 2. The molecule has 2 aromatic carbocycles. The van der Waals surface area contributed by atoms with E-state index in [-0.39, 0.29) is 0 Å². The van der Waals surface area contributed by atoms with E-state index in [4.69, 9.17) is 0 Å². The van der Waals surface area contributed by atoms with Crippen molar-refractivity contribution in [3.63, 3.8) is 0 Å². The van der Waals surface area contributed by atoms with E-state index < -0.39 is 0 Å². The molecule has 0 aromatic heterocycles. The molecule has 1 heterocycles. The zero-order valence-electron chi connectivity index (χ0n) is 20.2. The van der Waals surface area contributed by atoms with Gasteiger partial charge in [-0.3, -0.25) is 0 Å². The fourth-order valence-corrected chi connectivity index (χ4v) is 4.44. The minimum Gasteiger partial charge on any atom is -0.493 e. The van der Waals surface area contributed by atoms with Gasteiger partial charge in [0.1, 0.15) is 0 Å². The molecule has 0 aliphatic carbocycles. The number of aryl methyl sites for hydroxylation is 2. The quantitative estimate of drug-likeness (QED) is 0.212. The maximum Gasteiger partial charge on any atom is 0.207 e. The van der Waals surface area contributed by atoms with E-state index in [1.54, 1.807) is 0 Å². The number of hydrogen-bond donors (Lipinski definition) is 0. The third kappa shape index (κ3) is 7.02. The Morgan fingerprint density at radius 3 is 1.47 bits per heavy atom. The van der Waals surface area contributed by atoms with Crippen molar-refractivity contribution in [2.75, 3.05) is 0 Å². The Labute approximate surface area is 195 Å². The van der Waals surface area contributed by atoms with Crippen LogP contribution in [0, 0.1) is 0 Å². The van der Waals surface area contributed by atoms with Gasteiger partial charge >= 0.3 is 0 Å². The highest BCUT2D eigenvalue weighted by molar-refractivity contribution is 5.74. The summed E-state index contributed by atoms with van der Waals surface area (Å²) in [6, 6.07) is 17.1. The number of benzene rings is 2. The third-order valence-electron chi connectivity index (χ3n) is 6.58. The summed E-state index contributed by atoms with van der Waals surface area (Å²) in [5.41, 5.74) is 17.2. The summed E-state index contributed by atoms with van der Waals surface area (Å²) < 4.78 is 1.32. The SMILES string of the molecule is CCCCCCCCCCCCc1ccc(C2=CC=C(c3ccc(CC)cc3)[N+]2=[N-])cc1. The van der Waals surface area contributed by atoms with Crippen LogP contribution < -0.4 is 0 Å². The second-order valence-corrected chi connectivity index (χ2v) is 9.09. The molecular weight excluding hydrogens is 388 g/mol. The Kier molecular flexibility index (Phi) is 9.94.